The summed E-state index contributed by atoms with van der Waals surface area (Å²) < 4.78 is 2.28. The van der Waals surface area contributed by atoms with E-state index in [9.17, 15) is 0 Å². The van der Waals surface area contributed by atoms with Crippen molar-refractivity contribution >= 4 is 17.6 Å². The fourth-order valence-corrected chi connectivity index (χ4v) is 5.20. The molecule has 2 nitrogen and oxygen atoms in total. The molecular weight excluding hydrogens is 483 g/mol. The van der Waals surface area contributed by atoms with Crippen molar-refractivity contribution in [3.8, 4) is 11.4 Å². The van der Waals surface area contributed by atoms with Crippen LogP contribution in [-0.2, 0) is 6.54 Å². The van der Waals surface area contributed by atoms with Gasteiger partial charge in [-0.05, 0) is 19.3 Å². The van der Waals surface area contributed by atoms with Crippen LogP contribution >= 0.6 is 0 Å². The van der Waals surface area contributed by atoms with Gasteiger partial charge in [-0.1, -0.05) is 179 Å². The van der Waals surface area contributed by atoms with Crippen LogP contribution in [0.2, 0.25) is 6.32 Å². The SMILES string of the molecule is CCC=CCCB(c1ccccc1)c1ccccc1.CCCCCCCCCCn1ccnc1-c1ccccc1. The molecule has 4 rings (SSSR count). The van der Waals surface area contributed by atoms with E-state index in [1.165, 1.54) is 74.2 Å². The fourth-order valence-electron chi connectivity index (χ4n) is 5.20. The second kappa shape index (κ2) is 19.7. The van der Waals surface area contributed by atoms with Crippen molar-refractivity contribution in [3.05, 3.63) is 116 Å². The maximum absolute atomic E-state index is 4.50. The smallest absolute Gasteiger partial charge is 0.209 e. The van der Waals surface area contributed by atoms with Crippen LogP contribution in [0.25, 0.3) is 11.4 Å². The van der Waals surface area contributed by atoms with E-state index in [2.05, 4.69) is 133 Å². The lowest BCUT2D eigenvalue weighted by Gasteiger charge is -2.13. The van der Waals surface area contributed by atoms with Crippen LogP contribution in [0.1, 0.15) is 78.1 Å². The van der Waals surface area contributed by atoms with Crippen molar-refractivity contribution in [3.63, 3.8) is 0 Å². The van der Waals surface area contributed by atoms with Crippen LogP contribution < -0.4 is 10.9 Å². The van der Waals surface area contributed by atoms with E-state index in [0.29, 0.717) is 6.71 Å². The topological polar surface area (TPSA) is 17.8 Å². The average molecular weight is 533 g/mol. The number of allylic oxidation sites excluding steroid dienone is 2. The number of rotatable bonds is 16. The van der Waals surface area contributed by atoms with Gasteiger partial charge in [-0.2, -0.15) is 0 Å². The third-order valence-corrected chi connectivity index (χ3v) is 7.43. The van der Waals surface area contributed by atoms with E-state index in [0.717, 1.165) is 25.2 Å². The second-order valence-electron chi connectivity index (χ2n) is 10.6. The average Bonchev–Trinajstić information content (AvgIpc) is 3.49. The van der Waals surface area contributed by atoms with Crippen molar-refractivity contribution in [1.82, 2.24) is 9.55 Å². The van der Waals surface area contributed by atoms with Crippen LogP contribution in [-0.4, -0.2) is 16.3 Å². The number of aryl methyl sites for hydroxylation is 1. The number of unbranched alkanes of at least 4 members (excludes halogenated alkanes) is 7. The summed E-state index contributed by atoms with van der Waals surface area (Å²) in [5.74, 6) is 1.10. The minimum Gasteiger partial charge on any atom is -0.331 e. The number of nitrogens with zero attached hydrogens (tertiary/aromatic N) is 2. The van der Waals surface area contributed by atoms with Crippen LogP contribution in [0.4, 0.5) is 0 Å². The normalized spacial score (nSPS) is 10.8. The molecule has 0 saturated heterocycles. The molecule has 0 aliphatic carbocycles. The predicted molar refractivity (Wildman–Crippen MR) is 177 cm³/mol. The van der Waals surface area contributed by atoms with Crippen molar-refractivity contribution < 1.29 is 0 Å². The third-order valence-electron chi connectivity index (χ3n) is 7.43. The number of imidazole rings is 1. The van der Waals surface area contributed by atoms with Crippen LogP contribution in [0.15, 0.2) is 116 Å². The molecule has 3 heteroatoms. The molecule has 0 atom stereocenters. The first kappa shape index (κ1) is 31.2. The Kier molecular flexibility index (Phi) is 15.4. The molecule has 0 saturated carbocycles. The predicted octanol–water partition coefficient (Wildman–Crippen LogP) is 9.34. The standard InChI is InChI=1S/C19H28N2.C18H21B/c1-2-3-4-5-6-7-8-12-16-21-17-15-20-19(21)18-13-10-9-11-14-18;1-2-3-4-11-16-19(17-12-7-5-8-13-17)18-14-9-6-10-15-18/h9-11,13-15,17H,2-8,12,16H2,1H3;3-10,12-15H,2,11,16H2,1H3. The zero-order chi connectivity index (χ0) is 28.1. The summed E-state index contributed by atoms with van der Waals surface area (Å²) >= 11 is 0. The minimum absolute atomic E-state index is 0.504. The van der Waals surface area contributed by atoms with Gasteiger partial charge in [0.15, 0.2) is 0 Å². The molecule has 40 heavy (non-hydrogen) atoms. The van der Waals surface area contributed by atoms with Gasteiger partial charge in [-0.3, -0.25) is 0 Å². The summed E-state index contributed by atoms with van der Waals surface area (Å²) in [6, 6.07) is 32.1. The Balaban J connectivity index is 0.000000222. The van der Waals surface area contributed by atoms with Crippen molar-refractivity contribution in [2.45, 2.75) is 90.9 Å². The maximum Gasteiger partial charge on any atom is 0.209 e. The highest BCUT2D eigenvalue weighted by Crippen LogP contribution is 2.18. The molecule has 210 valence electrons. The maximum atomic E-state index is 4.50. The molecule has 0 fully saturated rings. The first-order valence-electron chi connectivity index (χ1n) is 15.6. The van der Waals surface area contributed by atoms with Gasteiger partial charge in [0.2, 0.25) is 6.71 Å². The van der Waals surface area contributed by atoms with E-state index in [1.54, 1.807) is 0 Å². The summed E-state index contributed by atoms with van der Waals surface area (Å²) in [6.07, 6.45) is 22.9. The molecule has 4 aromatic rings. The monoisotopic (exact) mass is 532 g/mol. The Morgan fingerprint density at radius 2 is 1.20 bits per heavy atom. The van der Waals surface area contributed by atoms with E-state index in [1.807, 2.05) is 6.20 Å². The molecule has 0 aliphatic heterocycles. The molecule has 0 N–H and O–H groups in total. The molecule has 1 aromatic heterocycles. The summed E-state index contributed by atoms with van der Waals surface area (Å²) in [4.78, 5) is 4.50. The summed E-state index contributed by atoms with van der Waals surface area (Å²) in [6.45, 7) is 6.04. The fraction of sp³-hybridized carbons (Fsp3) is 0.378. The Hall–Kier alpha value is -3.33. The highest BCUT2D eigenvalue weighted by molar-refractivity contribution is 6.85. The lowest BCUT2D eigenvalue weighted by molar-refractivity contribution is 0.545. The summed E-state index contributed by atoms with van der Waals surface area (Å²) in [5, 5.41) is 0. The van der Waals surface area contributed by atoms with E-state index >= 15 is 0 Å². The highest BCUT2D eigenvalue weighted by Gasteiger charge is 2.17. The highest BCUT2D eigenvalue weighted by atomic mass is 15.1. The largest absolute Gasteiger partial charge is 0.331 e. The van der Waals surface area contributed by atoms with Crippen molar-refractivity contribution in [2.75, 3.05) is 0 Å². The lowest BCUT2D eigenvalue weighted by Crippen LogP contribution is -2.41. The molecule has 0 spiro atoms. The zero-order valence-corrected chi connectivity index (χ0v) is 24.9. The van der Waals surface area contributed by atoms with Gasteiger partial charge in [0, 0.05) is 24.5 Å². The van der Waals surface area contributed by atoms with Gasteiger partial charge in [0.05, 0.1) is 0 Å². The first-order chi connectivity index (χ1) is 19.8. The third kappa shape index (κ3) is 11.4. The summed E-state index contributed by atoms with van der Waals surface area (Å²) in [5.41, 5.74) is 4.04. The van der Waals surface area contributed by atoms with E-state index < -0.39 is 0 Å². The van der Waals surface area contributed by atoms with Gasteiger partial charge < -0.3 is 4.57 Å². The van der Waals surface area contributed by atoms with E-state index in [-0.39, 0.29) is 0 Å². The number of benzene rings is 3. The van der Waals surface area contributed by atoms with E-state index in [4.69, 9.17) is 0 Å². The van der Waals surface area contributed by atoms with Gasteiger partial charge in [0.1, 0.15) is 5.82 Å². The molecular formula is C37H49BN2. The Morgan fingerprint density at radius 1 is 0.650 bits per heavy atom. The first-order valence-corrected chi connectivity index (χ1v) is 15.6. The Morgan fingerprint density at radius 3 is 1.77 bits per heavy atom. The Labute approximate surface area is 244 Å². The number of aromatic nitrogens is 2. The Bertz CT molecular complexity index is 1130. The molecule has 1 heterocycles. The lowest BCUT2D eigenvalue weighted by atomic mass is 9.38. The molecule has 0 amide bonds. The van der Waals surface area contributed by atoms with Gasteiger partial charge in [0.25, 0.3) is 0 Å². The zero-order valence-electron chi connectivity index (χ0n) is 24.9. The van der Waals surface area contributed by atoms with Crippen LogP contribution in [0.3, 0.4) is 0 Å². The minimum atomic E-state index is 0.504. The molecule has 0 bridgehead atoms. The van der Waals surface area contributed by atoms with Gasteiger partial charge >= 0.3 is 0 Å². The number of hydrogen-bond donors (Lipinski definition) is 0. The number of hydrogen-bond acceptors (Lipinski definition) is 1. The molecule has 3 aromatic carbocycles. The second-order valence-corrected chi connectivity index (χ2v) is 10.6. The van der Waals surface area contributed by atoms with Crippen LogP contribution in [0, 0.1) is 0 Å². The van der Waals surface area contributed by atoms with Gasteiger partial charge in [-0.25, -0.2) is 4.98 Å². The van der Waals surface area contributed by atoms with Crippen molar-refractivity contribution in [2.24, 2.45) is 0 Å². The van der Waals surface area contributed by atoms with Crippen LogP contribution in [0.5, 0.6) is 0 Å². The molecule has 0 aliphatic rings. The van der Waals surface area contributed by atoms with Gasteiger partial charge in [-0.15, -0.1) is 0 Å². The quantitative estimate of drug-likeness (QED) is 0.0799. The summed E-state index contributed by atoms with van der Waals surface area (Å²) in [7, 11) is 0. The molecule has 0 unspecified atom stereocenters. The van der Waals surface area contributed by atoms with Crippen molar-refractivity contribution in [1.29, 1.82) is 0 Å². The molecule has 0 radical (unpaired) electrons.